The van der Waals surface area contributed by atoms with Crippen LogP contribution >= 0.6 is 0 Å². The molecule has 2 rings (SSSR count). The maximum Gasteiger partial charge on any atom is 3.00 e. The molecule has 0 aromatic carbocycles. The van der Waals surface area contributed by atoms with Crippen LogP contribution in [0.25, 0.3) is 0 Å². The molecule has 0 aliphatic carbocycles. The van der Waals surface area contributed by atoms with Gasteiger partial charge in [-0.3, -0.25) is 14.7 Å². The van der Waals surface area contributed by atoms with Crippen molar-refractivity contribution in [2.45, 2.75) is 27.7 Å². The Bertz CT molecular complexity index is 497. The SMILES string of the molecule is CC(=O)/C=C(/C)[O-].CC(=O)/C=C(/C)[O-].[Ru+3].c1cn[n-]c1.c1cn[nH]c1. The number of nitrogens with one attached hydrogen (secondary N) is 1. The fraction of sp³-hybridized carbons (Fsp3) is 0.250. The molecule has 2 aromatic heterocycles. The summed E-state index contributed by atoms with van der Waals surface area (Å²) in [7, 11) is 0. The molecule has 137 valence electrons. The van der Waals surface area contributed by atoms with Crippen LogP contribution in [0, 0.1) is 0 Å². The van der Waals surface area contributed by atoms with Crippen molar-refractivity contribution in [2.24, 2.45) is 0 Å². The molecule has 8 nitrogen and oxygen atoms in total. The molecule has 25 heavy (non-hydrogen) atoms. The van der Waals surface area contributed by atoms with Crippen LogP contribution in [0.4, 0.5) is 0 Å². The van der Waals surface area contributed by atoms with E-state index in [1.54, 1.807) is 30.9 Å². The molecular weight excluding hydrogens is 413 g/mol. The van der Waals surface area contributed by atoms with Crippen molar-refractivity contribution >= 4 is 11.6 Å². The Morgan fingerprint density at radius 1 is 0.960 bits per heavy atom. The molecule has 0 aliphatic rings. The molecule has 0 saturated heterocycles. The molecule has 0 aliphatic heterocycles. The Kier molecular flexibility index (Phi) is 21.3. The van der Waals surface area contributed by atoms with Crippen molar-refractivity contribution in [1.82, 2.24) is 20.4 Å². The molecule has 0 atom stereocenters. The zero-order valence-electron chi connectivity index (χ0n) is 14.4. The Balaban J connectivity index is -0.000000257. The van der Waals surface area contributed by atoms with E-state index in [2.05, 4.69) is 20.4 Å². The maximum atomic E-state index is 9.98. The summed E-state index contributed by atoms with van der Waals surface area (Å²) in [5.41, 5.74) is 0. The van der Waals surface area contributed by atoms with Crippen LogP contribution in [0.15, 0.2) is 60.6 Å². The Labute approximate surface area is 159 Å². The second-order valence-electron chi connectivity index (χ2n) is 4.22. The third kappa shape index (κ3) is 34.0. The van der Waals surface area contributed by atoms with Crippen molar-refractivity contribution in [1.29, 1.82) is 0 Å². The van der Waals surface area contributed by atoms with Crippen LogP contribution in [0.2, 0.25) is 0 Å². The van der Waals surface area contributed by atoms with Gasteiger partial charge in [0.25, 0.3) is 0 Å². The first-order valence-corrected chi connectivity index (χ1v) is 6.79. The van der Waals surface area contributed by atoms with E-state index in [4.69, 9.17) is 0 Å². The van der Waals surface area contributed by atoms with Gasteiger partial charge in [-0.2, -0.15) is 11.3 Å². The fourth-order valence-electron chi connectivity index (χ4n) is 0.980. The molecule has 0 fully saturated rings. The molecule has 1 N–H and O–H groups in total. The van der Waals surface area contributed by atoms with Crippen molar-refractivity contribution in [3.63, 3.8) is 0 Å². The number of aromatic amines is 1. The molecular formula is C16H21N4O4Ru. The quantitative estimate of drug-likeness (QED) is 0.403. The van der Waals surface area contributed by atoms with E-state index in [1.165, 1.54) is 27.7 Å². The first-order valence-electron chi connectivity index (χ1n) is 6.79. The summed E-state index contributed by atoms with van der Waals surface area (Å²) >= 11 is 0. The van der Waals surface area contributed by atoms with Crippen molar-refractivity contribution in [3.8, 4) is 0 Å². The number of ketones is 2. The zero-order chi connectivity index (χ0) is 18.8. The van der Waals surface area contributed by atoms with Crippen molar-refractivity contribution in [3.05, 3.63) is 60.6 Å². The van der Waals surface area contributed by atoms with Gasteiger partial charge in [-0.1, -0.05) is 19.9 Å². The van der Waals surface area contributed by atoms with E-state index in [-0.39, 0.29) is 42.6 Å². The number of hydrogen-bond acceptors (Lipinski definition) is 6. The third-order valence-electron chi connectivity index (χ3n) is 1.59. The van der Waals surface area contributed by atoms with E-state index in [0.717, 1.165) is 12.2 Å². The van der Waals surface area contributed by atoms with Crippen LogP contribution in [-0.4, -0.2) is 26.9 Å². The van der Waals surface area contributed by atoms with Crippen molar-refractivity contribution in [2.75, 3.05) is 0 Å². The average molecular weight is 434 g/mol. The Morgan fingerprint density at radius 2 is 1.48 bits per heavy atom. The van der Waals surface area contributed by atoms with Crippen LogP contribution in [0.3, 0.4) is 0 Å². The number of nitrogens with zero attached hydrogens (tertiary/aromatic N) is 3. The normalized spacial score (nSPS) is 9.60. The third-order valence-corrected chi connectivity index (χ3v) is 1.59. The van der Waals surface area contributed by atoms with E-state index >= 15 is 0 Å². The summed E-state index contributed by atoms with van der Waals surface area (Å²) in [6.07, 6.45) is 8.85. The van der Waals surface area contributed by atoms with Crippen LogP contribution in [0.5, 0.6) is 0 Å². The van der Waals surface area contributed by atoms with Gasteiger partial charge < -0.3 is 20.4 Å². The van der Waals surface area contributed by atoms with Crippen molar-refractivity contribution < 1.29 is 39.3 Å². The number of carbonyl (C=O) groups excluding carboxylic acids is 2. The maximum absolute atomic E-state index is 9.98. The summed E-state index contributed by atoms with van der Waals surface area (Å²) in [6, 6.07) is 3.61. The van der Waals surface area contributed by atoms with Gasteiger partial charge in [-0.15, -0.1) is 11.5 Å². The topological polar surface area (TPSA) is 136 Å². The van der Waals surface area contributed by atoms with Gasteiger partial charge in [0.1, 0.15) is 0 Å². The van der Waals surface area contributed by atoms with Gasteiger partial charge in [0.05, 0.1) is 0 Å². The molecule has 2 heterocycles. The number of H-pyrrole nitrogens is 1. The molecule has 2 aromatic rings. The first kappa shape index (κ1) is 27.3. The molecule has 0 unspecified atom stereocenters. The summed E-state index contributed by atoms with van der Waals surface area (Å²) in [4.78, 5) is 20.0. The number of carbonyl (C=O) groups is 2. The minimum atomic E-state index is -0.187. The summed E-state index contributed by atoms with van der Waals surface area (Å²) in [6.45, 7) is 5.39. The van der Waals surface area contributed by atoms with E-state index in [1.807, 2.05) is 6.07 Å². The molecule has 1 radical (unpaired) electrons. The summed E-state index contributed by atoms with van der Waals surface area (Å²) in [5, 5.41) is 33.1. The van der Waals surface area contributed by atoms with Gasteiger partial charge in [0.2, 0.25) is 0 Å². The summed E-state index contributed by atoms with van der Waals surface area (Å²) < 4.78 is 0. The largest absolute Gasteiger partial charge is 3.00 e. The smallest absolute Gasteiger partial charge is 0.876 e. The van der Waals surface area contributed by atoms with Gasteiger partial charge in [0, 0.05) is 18.6 Å². The van der Waals surface area contributed by atoms with Gasteiger partial charge in [-0.05, 0) is 32.1 Å². The van der Waals surface area contributed by atoms with Gasteiger partial charge in [0.15, 0.2) is 11.6 Å². The second-order valence-corrected chi connectivity index (χ2v) is 4.22. The molecule has 9 heteroatoms. The van der Waals surface area contributed by atoms with E-state index in [0.29, 0.717) is 0 Å². The standard InChI is InChI=1S/2C5H8O2.C3H4N2.C3H3N2.Ru/c2*1-4(6)3-5(2)7;2*1-2-4-5-3-1;/h2*3,6H,1-2H3;1-3H,(H,4,5);1-3H;/q;;;-1;+3/p-2/b2*4-3-;;;. The van der Waals surface area contributed by atoms with E-state index in [9.17, 15) is 19.8 Å². The van der Waals surface area contributed by atoms with Gasteiger partial charge >= 0.3 is 19.5 Å². The van der Waals surface area contributed by atoms with Crippen LogP contribution < -0.4 is 15.3 Å². The Hall–Kier alpha value is -2.54. The zero-order valence-corrected chi connectivity index (χ0v) is 16.2. The molecule has 0 saturated carbocycles. The van der Waals surface area contributed by atoms with Crippen LogP contribution in [0.1, 0.15) is 27.7 Å². The predicted molar refractivity (Wildman–Crippen MR) is 85.0 cm³/mol. The number of rotatable bonds is 2. The predicted octanol–water partition coefficient (Wildman–Crippen LogP) is 0.125. The number of allylic oxidation sites excluding steroid dienone is 4. The Morgan fingerprint density at radius 3 is 1.56 bits per heavy atom. The van der Waals surface area contributed by atoms with Crippen LogP contribution in [-0.2, 0) is 29.1 Å². The fourth-order valence-corrected chi connectivity index (χ4v) is 0.980. The molecule has 0 spiro atoms. The van der Waals surface area contributed by atoms with Gasteiger partial charge in [-0.25, -0.2) is 0 Å². The summed E-state index contributed by atoms with van der Waals surface area (Å²) in [5.74, 6) is -0.750. The second kappa shape index (κ2) is 19.5. The first-order chi connectivity index (χ1) is 11.3. The number of aromatic nitrogens is 4. The number of hydrogen-bond donors (Lipinski definition) is 1. The molecule has 0 bridgehead atoms. The monoisotopic (exact) mass is 435 g/mol. The minimum Gasteiger partial charge on any atom is -0.876 e. The average Bonchev–Trinajstić information content (AvgIpc) is 3.16. The minimum absolute atomic E-state index is 0. The van der Waals surface area contributed by atoms with E-state index < -0.39 is 0 Å². The molecule has 0 amide bonds.